The summed E-state index contributed by atoms with van der Waals surface area (Å²) in [7, 11) is 0. The summed E-state index contributed by atoms with van der Waals surface area (Å²) in [6.45, 7) is 2.41. The van der Waals surface area contributed by atoms with E-state index in [-0.39, 0.29) is 37.9 Å². The van der Waals surface area contributed by atoms with Crippen LogP contribution in [0.25, 0.3) is 0 Å². The number of rotatable bonds is 13. The van der Waals surface area contributed by atoms with E-state index in [1.165, 1.54) is 11.2 Å². The highest BCUT2D eigenvalue weighted by atomic mass is 35.5. The molecule has 42 heavy (non-hydrogen) atoms. The van der Waals surface area contributed by atoms with Crippen molar-refractivity contribution in [1.29, 1.82) is 0 Å². The SMILES string of the molecule is CC(CNC(=O)CN(Cc1ccc(Cl)cc1)C(=O)C(Cc1c[nH]cn1)NC(=O)OCc1ccccc1)c1ccccc1. The first kappa shape index (κ1) is 30.3. The Morgan fingerprint density at radius 3 is 2.31 bits per heavy atom. The predicted molar refractivity (Wildman–Crippen MR) is 161 cm³/mol. The number of benzene rings is 3. The highest BCUT2D eigenvalue weighted by molar-refractivity contribution is 6.30. The molecular weight excluding hydrogens is 554 g/mol. The molecule has 0 bridgehead atoms. The zero-order valence-corrected chi connectivity index (χ0v) is 24.1. The number of imidazole rings is 1. The summed E-state index contributed by atoms with van der Waals surface area (Å²) in [4.78, 5) is 48.3. The van der Waals surface area contributed by atoms with Crippen molar-refractivity contribution in [1.82, 2.24) is 25.5 Å². The Morgan fingerprint density at radius 1 is 0.952 bits per heavy atom. The number of hydrogen-bond donors (Lipinski definition) is 3. The van der Waals surface area contributed by atoms with Gasteiger partial charge in [0.2, 0.25) is 11.8 Å². The van der Waals surface area contributed by atoms with Gasteiger partial charge < -0.3 is 25.3 Å². The molecule has 3 N–H and O–H groups in total. The lowest BCUT2D eigenvalue weighted by Crippen LogP contribution is -2.52. The van der Waals surface area contributed by atoms with Gasteiger partial charge in [0.15, 0.2) is 0 Å². The van der Waals surface area contributed by atoms with Crippen LogP contribution >= 0.6 is 11.6 Å². The van der Waals surface area contributed by atoms with Crippen molar-refractivity contribution in [3.63, 3.8) is 0 Å². The van der Waals surface area contributed by atoms with Gasteiger partial charge in [0.1, 0.15) is 12.6 Å². The van der Waals surface area contributed by atoms with Crippen LogP contribution in [0.1, 0.15) is 35.2 Å². The molecule has 0 saturated heterocycles. The molecule has 1 heterocycles. The normalized spacial score (nSPS) is 12.1. The fourth-order valence-electron chi connectivity index (χ4n) is 4.36. The summed E-state index contributed by atoms with van der Waals surface area (Å²) >= 11 is 6.06. The predicted octanol–water partition coefficient (Wildman–Crippen LogP) is 4.85. The van der Waals surface area contributed by atoms with Gasteiger partial charge in [-0.25, -0.2) is 9.78 Å². The van der Waals surface area contributed by atoms with Gasteiger partial charge in [-0.2, -0.15) is 0 Å². The maximum absolute atomic E-state index is 14.0. The largest absolute Gasteiger partial charge is 0.445 e. The van der Waals surface area contributed by atoms with Gasteiger partial charge in [0, 0.05) is 30.7 Å². The minimum Gasteiger partial charge on any atom is -0.445 e. The number of aromatic nitrogens is 2. The number of ether oxygens (including phenoxy) is 1. The number of alkyl carbamates (subject to hydrolysis) is 1. The average molecular weight is 588 g/mol. The minimum atomic E-state index is -1.03. The fourth-order valence-corrected chi connectivity index (χ4v) is 4.48. The van der Waals surface area contributed by atoms with Crippen molar-refractivity contribution >= 4 is 29.5 Å². The molecule has 2 unspecified atom stereocenters. The van der Waals surface area contributed by atoms with Crippen molar-refractivity contribution in [3.8, 4) is 0 Å². The maximum Gasteiger partial charge on any atom is 0.408 e. The summed E-state index contributed by atoms with van der Waals surface area (Å²) in [6.07, 6.45) is 2.50. The van der Waals surface area contributed by atoms with Crippen molar-refractivity contribution in [2.24, 2.45) is 0 Å². The van der Waals surface area contributed by atoms with Crippen LogP contribution in [-0.2, 0) is 33.9 Å². The Kier molecular flexibility index (Phi) is 11.1. The Bertz CT molecular complexity index is 1420. The summed E-state index contributed by atoms with van der Waals surface area (Å²) in [5.41, 5.74) is 3.27. The maximum atomic E-state index is 14.0. The van der Waals surface area contributed by atoms with Crippen LogP contribution in [0.5, 0.6) is 0 Å². The van der Waals surface area contributed by atoms with Crippen molar-refractivity contribution in [2.75, 3.05) is 13.1 Å². The third kappa shape index (κ3) is 9.49. The smallest absolute Gasteiger partial charge is 0.408 e. The molecule has 2 atom stereocenters. The molecule has 0 fully saturated rings. The van der Waals surface area contributed by atoms with Crippen LogP contribution in [0.4, 0.5) is 4.79 Å². The van der Waals surface area contributed by atoms with Crippen LogP contribution in [0.2, 0.25) is 5.02 Å². The van der Waals surface area contributed by atoms with Gasteiger partial charge in [-0.15, -0.1) is 0 Å². The number of carbonyl (C=O) groups is 3. The topological polar surface area (TPSA) is 116 Å². The first-order chi connectivity index (χ1) is 20.4. The van der Waals surface area contributed by atoms with E-state index in [1.54, 1.807) is 30.5 Å². The molecule has 0 aliphatic carbocycles. The Labute approximate surface area is 250 Å². The fraction of sp³-hybridized carbons (Fsp3) is 0.250. The molecule has 9 nitrogen and oxygen atoms in total. The minimum absolute atomic E-state index is 0.0481. The quantitative estimate of drug-likeness (QED) is 0.207. The highest BCUT2D eigenvalue weighted by Crippen LogP contribution is 2.15. The molecule has 0 radical (unpaired) electrons. The van der Waals surface area contributed by atoms with Crippen LogP contribution in [-0.4, -0.2) is 51.9 Å². The van der Waals surface area contributed by atoms with Crippen molar-refractivity contribution in [2.45, 2.75) is 38.5 Å². The molecule has 218 valence electrons. The molecule has 4 aromatic rings. The van der Waals surface area contributed by atoms with Crippen LogP contribution < -0.4 is 10.6 Å². The number of carbonyl (C=O) groups excluding carboxylic acids is 3. The van der Waals surface area contributed by atoms with Gasteiger partial charge in [-0.1, -0.05) is 91.3 Å². The summed E-state index contributed by atoms with van der Waals surface area (Å²) in [5.74, 6) is -0.676. The molecule has 0 aliphatic heterocycles. The molecule has 0 spiro atoms. The van der Waals surface area contributed by atoms with E-state index in [1.807, 2.05) is 67.6 Å². The zero-order chi connectivity index (χ0) is 29.7. The third-order valence-electron chi connectivity index (χ3n) is 6.68. The average Bonchev–Trinajstić information content (AvgIpc) is 3.53. The lowest BCUT2D eigenvalue weighted by molar-refractivity contribution is -0.138. The van der Waals surface area contributed by atoms with Crippen LogP contribution in [0.15, 0.2) is 97.5 Å². The molecule has 10 heteroatoms. The number of H-pyrrole nitrogens is 1. The van der Waals surface area contributed by atoms with Gasteiger partial charge in [-0.3, -0.25) is 9.59 Å². The standard InChI is InChI=1S/C32H34ClN5O4/c1-23(26-10-6-3-7-11-26)17-35-30(39)20-38(19-24-12-14-27(33)15-13-24)31(40)29(16-28-18-34-22-36-28)37-32(41)42-21-25-8-4-2-5-9-25/h2-15,18,22-23,29H,16-17,19-21H2,1H3,(H,34,36)(H,35,39)(H,37,41). The number of nitrogens with zero attached hydrogens (tertiary/aromatic N) is 2. The number of halogens is 1. The number of aromatic amines is 1. The van der Waals surface area contributed by atoms with E-state index in [9.17, 15) is 14.4 Å². The second kappa shape index (κ2) is 15.4. The lowest BCUT2D eigenvalue weighted by Gasteiger charge is -2.27. The first-order valence-corrected chi connectivity index (χ1v) is 14.0. The Balaban J connectivity index is 1.48. The van der Waals surface area contributed by atoms with Crippen LogP contribution in [0.3, 0.4) is 0 Å². The number of amides is 3. The molecule has 0 saturated carbocycles. The van der Waals surface area contributed by atoms with E-state index in [4.69, 9.17) is 16.3 Å². The monoisotopic (exact) mass is 587 g/mol. The Morgan fingerprint density at radius 2 is 1.64 bits per heavy atom. The van der Waals surface area contributed by atoms with E-state index >= 15 is 0 Å². The summed E-state index contributed by atoms with van der Waals surface area (Å²) in [5, 5.41) is 6.19. The van der Waals surface area contributed by atoms with Crippen LogP contribution in [0, 0.1) is 0 Å². The molecule has 3 aromatic carbocycles. The van der Waals surface area contributed by atoms with Gasteiger partial charge in [0.25, 0.3) is 0 Å². The molecule has 0 aliphatic rings. The van der Waals surface area contributed by atoms with E-state index < -0.39 is 18.0 Å². The van der Waals surface area contributed by atoms with Gasteiger partial charge in [0.05, 0.1) is 18.6 Å². The molecule has 1 aromatic heterocycles. The number of hydrogen-bond acceptors (Lipinski definition) is 5. The zero-order valence-electron chi connectivity index (χ0n) is 23.3. The highest BCUT2D eigenvalue weighted by Gasteiger charge is 2.29. The molecule has 4 rings (SSSR count). The van der Waals surface area contributed by atoms with E-state index in [2.05, 4.69) is 20.6 Å². The second-order valence-corrected chi connectivity index (χ2v) is 10.4. The van der Waals surface area contributed by atoms with E-state index in [0.717, 1.165) is 16.7 Å². The van der Waals surface area contributed by atoms with Crippen molar-refractivity contribution in [3.05, 3.63) is 125 Å². The van der Waals surface area contributed by atoms with Gasteiger partial charge in [-0.05, 0) is 34.7 Å². The molecular formula is C32H34ClN5O4. The van der Waals surface area contributed by atoms with E-state index in [0.29, 0.717) is 17.3 Å². The van der Waals surface area contributed by atoms with Gasteiger partial charge >= 0.3 is 6.09 Å². The summed E-state index contributed by atoms with van der Waals surface area (Å²) < 4.78 is 5.38. The third-order valence-corrected chi connectivity index (χ3v) is 6.93. The Hall–Kier alpha value is -4.63. The second-order valence-electron chi connectivity index (χ2n) is 9.96. The summed E-state index contributed by atoms with van der Waals surface area (Å²) in [6, 6.07) is 25.1. The van der Waals surface area contributed by atoms with Crippen molar-refractivity contribution < 1.29 is 19.1 Å². The molecule has 3 amide bonds. The number of nitrogens with one attached hydrogen (secondary N) is 3. The lowest BCUT2D eigenvalue weighted by atomic mass is 10.0. The first-order valence-electron chi connectivity index (χ1n) is 13.7.